The number of hydrogen-bond donors (Lipinski definition) is 0. The highest BCUT2D eigenvalue weighted by atomic mass is 16.5. The van der Waals surface area contributed by atoms with Gasteiger partial charge >= 0.3 is 0 Å². The predicted molar refractivity (Wildman–Crippen MR) is 107 cm³/mol. The van der Waals surface area contributed by atoms with Crippen LogP contribution in [0.3, 0.4) is 0 Å². The van der Waals surface area contributed by atoms with E-state index in [1.54, 1.807) is 33.7 Å². The number of ether oxygens (including phenoxy) is 4. The maximum absolute atomic E-state index is 5.74. The fourth-order valence-corrected chi connectivity index (χ4v) is 2.93. The molecule has 28 heavy (non-hydrogen) atoms. The average Bonchev–Trinajstić information content (AvgIpc) is 3.23. The highest BCUT2D eigenvalue weighted by Crippen LogP contribution is 2.44. The van der Waals surface area contributed by atoms with Crippen LogP contribution in [0.15, 0.2) is 47.2 Å². The SMILES string of the molecule is CCCCOc1ccc(-c2conc2-c2cc(OC)cc(OC)c2OC)cc1. The molecule has 0 atom stereocenters. The molecule has 0 amide bonds. The van der Waals surface area contributed by atoms with Gasteiger partial charge in [0.1, 0.15) is 23.5 Å². The van der Waals surface area contributed by atoms with Crippen LogP contribution in [0.25, 0.3) is 22.4 Å². The van der Waals surface area contributed by atoms with Gasteiger partial charge in [-0.25, -0.2) is 0 Å². The van der Waals surface area contributed by atoms with Gasteiger partial charge in [0.15, 0.2) is 11.5 Å². The average molecular weight is 383 g/mol. The Morgan fingerprint density at radius 3 is 2.32 bits per heavy atom. The number of benzene rings is 2. The van der Waals surface area contributed by atoms with Gasteiger partial charge in [0, 0.05) is 11.6 Å². The highest BCUT2D eigenvalue weighted by molar-refractivity contribution is 5.85. The Kier molecular flexibility index (Phi) is 6.42. The Morgan fingerprint density at radius 2 is 1.68 bits per heavy atom. The molecule has 0 bridgehead atoms. The van der Waals surface area contributed by atoms with Crippen molar-refractivity contribution in [3.8, 4) is 45.4 Å². The quantitative estimate of drug-likeness (QED) is 0.473. The molecule has 0 spiro atoms. The zero-order valence-corrected chi connectivity index (χ0v) is 16.7. The molecular formula is C22H25NO5. The summed E-state index contributed by atoms with van der Waals surface area (Å²) in [5.41, 5.74) is 3.18. The Labute approximate surface area is 165 Å². The number of rotatable bonds is 9. The Morgan fingerprint density at radius 1 is 0.893 bits per heavy atom. The minimum Gasteiger partial charge on any atom is -0.497 e. The second kappa shape index (κ2) is 9.17. The molecule has 0 saturated carbocycles. The summed E-state index contributed by atoms with van der Waals surface area (Å²) in [7, 11) is 4.78. The maximum Gasteiger partial charge on any atom is 0.170 e. The van der Waals surface area contributed by atoms with E-state index < -0.39 is 0 Å². The van der Waals surface area contributed by atoms with Crippen LogP contribution in [0.1, 0.15) is 19.8 Å². The molecule has 0 unspecified atom stereocenters. The minimum atomic E-state index is 0.561. The molecule has 0 aliphatic rings. The smallest absolute Gasteiger partial charge is 0.170 e. The van der Waals surface area contributed by atoms with Crippen LogP contribution in [0, 0.1) is 0 Å². The Hall–Kier alpha value is -3.15. The van der Waals surface area contributed by atoms with Gasteiger partial charge in [0.05, 0.1) is 33.5 Å². The summed E-state index contributed by atoms with van der Waals surface area (Å²) in [5, 5.41) is 4.21. The molecule has 1 heterocycles. The van der Waals surface area contributed by atoms with Crippen LogP contribution < -0.4 is 18.9 Å². The standard InChI is InChI=1S/C22H25NO5/c1-5-6-11-27-16-9-7-15(8-10-16)19-14-28-23-21(19)18-12-17(24-2)13-20(25-3)22(18)26-4/h7-10,12-14H,5-6,11H2,1-4H3. The van der Waals surface area contributed by atoms with Crippen molar-refractivity contribution in [1.82, 2.24) is 5.16 Å². The lowest BCUT2D eigenvalue weighted by atomic mass is 10.0. The molecule has 6 nitrogen and oxygen atoms in total. The van der Waals surface area contributed by atoms with Crippen molar-refractivity contribution >= 4 is 0 Å². The van der Waals surface area contributed by atoms with Gasteiger partial charge in [-0.05, 0) is 30.2 Å². The molecule has 2 aromatic carbocycles. The molecule has 6 heteroatoms. The summed E-state index contributed by atoms with van der Waals surface area (Å²) < 4.78 is 27.4. The third-order valence-electron chi connectivity index (χ3n) is 4.44. The molecule has 3 rings (SSSR count). The van der Waals surface area contributed by atoms with Crippen LogP contribution in [0.5, 0.6) is 23.0 Å². The molecule has 0 aliphatic heterocycles. The van der Waals surface area contributed by atoms with Gasteiger partial charge in [0.25, 0.3) is 0 Å². The summed E-state index contributed by atoms with van der Waals surface area (Å²) >= 11 is 0. The van der Waals surface area contributed by atoms with Gasteiger partial charge < -0.3 is 23.5 Å². The molecule has 0 fully saturated rings. The normalized spacial score (nSPS) is 10.6. The van der Waals surface area contributed by atoms with Crippen LogP contribution >= 0.6 is 0 Å². The zero-order chi connectivity index (χ0) is 19.9. The molecule has 0 radical (unpaired) electrons. The van der Waals surface area contributed by atoms with E-state index in [0.29, 0.717) is 22.9 Å². The largest absolute Gasteiger partial charge is 0.497 e. The highest BCUT2D eigenvalue weighted by Gasteiger charge is 2.21. The first-order valence-corrected chi connectivity index (χ1v) is 9.19. The van der Waals surface area contributed by atoms with E-state index in [9.17, 15) is 0 Å². The molecule has 148 valence electrons. The molecule has 1 aromatic heterocycles. The topological polar surface area (TPSA) is 63.0 Å². The molecule has 0 saturated heterocycles. The lowest BCUT2D eigenvalue weighted by Gasteiger charge is -2.14. The van der Waals surface area contributed by atoms with Crippen molar-refractivity contribution in [2.75, 3.05) is 27.9 Å². The van der Waals surface area contributed by atoms with Gasteiger partial charge in [-0.1, -0.05) is 30.6 Å². The lowest BCUT2D eigenvalue weighted by Crippen LogP contribution is -1.97. The molecule has 3 aromatic rings. The van der Waals surface area contributed by atoms with Crippen LogP contribution in [0.2, 0.25) is 0 Å². The van der Waals surface area contributed by atoms with Crippen LogP contribution in [-0.4, -0.2) is 33.1 Å². The first kappa shape index (κ1) is 19.6. The van der Waals surface area contributed by atoms with Crippen molar-refractivity contribution in [3.63, 3.8) is 0 Å². The third kappa shape index (κ3) is 4.06. The van der Waals surface area contributed by atoms with E-state index in [4.69, 9.17) is 23.5 Å². The van der Waals surface area contributed by atoms with Gasteiger partial charge in [-0.2, -0.15) is 0 Å². The second-order valence-corrected chi connectivity index (χ2v) is 6.21. The summed E-state index contributed by atoms with van der Waals surface area (Å²) in [4.78, 5) is 0. The minimum absolute atomic E-state index is 0.561. The Bertz CT molecular complexity index is 902. The summed E-state index contributed by atoms with van der Waals surface area (Å²) in [6, 6.07) is 11.5. The predicted octanol–water partition coefficient (Wildman–Crippen LogP) is 5.21. The molecular weight excluding hydrogens is 358 g/mol. The molecule has 0 N–H and O–H groups in total. The number of aromatic nitrogens is 1. The van der Waals surface area contributed by atoms with Gasteiger partial charge in [0.2, 0.25) is 0 Å². The fourth-order valence-electron chi connectivity index (χ4n) is 2.93. The number of hydrogen-bond acceptors (Lipinski definition) is 6. The van der Waals surface area contributed by atoms with Crippen LogP contribution in [0.4, 0.5) is 0 Å². The van der Waals surface area contributed by atoms with Crippen LogP contribution in [-0.2, 0) is 0 Å². The van der Waals surface area contributed by atoms with E-state index in [2.05, 4.69) is 12.1 Å². The molecule has 0 aliphatic carbocycles. The Balaban J connectivity index is 1.98. The van der Waals surface area contributed by atoms with Crippen molar-refractivity contribution in [3.05, 3.63) is 42.7 Å². The second-order valence-electron chi connectivity index (χ2n) is 6.21. The summed E-state index contributed by atoms with van der Waals surface area (Å²) in [6.45, 7) is 2.86. The van der Waals surface area contributed by atoms with Crippen molar-refractivity contribution in [2.45, 2.75) is 19.8 Å². The van der Waals surface area contributed by atoms with Gasteiger partial charge in [-0.3, -0.25) is 0 Å². The monoisotopic (exact) mass is 383 g/mol. The van der Waals surface area contributed by atoms with E-state index >= 15 is 0 Å². The first-order chi connectivity index (χ1) is 13.7. The van der Waals surface area contributed by atoms with E-state index in [0.717, 1.165) is 41.9 Å². The van der Waals surface area contributed by atoms with Gasteiger partial charge in [-0.15, -0.1) is 0 Å². The zero-order valence-electron chi connectivity index (χ0n) is 16.7. The van der Waals surface area contributed by atoms with E-state index in [-0.39, 0.29) is 0 Å². The van der Waals surface area contributed by atoms with Crippen molar-refractivity contribution in [1.29, 1.82) is 0 Å². The lowest BCUT2D eigenvalue weighted by molar-refractivity contribution is 0.309. The van der Waals surface area contributed by atoms with Crippen molar-refractivity contribution < 1.29 is 23.5 Å². The van der Waals surface area contributed by atoms with E-state index in [1.165, 1.54) is 0 Å². The number of nitrogens with zero attached hydrogens (tertiary/aromatic N) is 1. The first-order valence-electron chi connectivity index (χ1n) is 9.19. The van der Waals surface area contributed by atoms with Crippen molar-refractivity contribution in [2.24, 2.45) is 0 Å². The summed E-state index contributed by atoms with van der Waals surface area (Å²) in [6.07, 6.45) is 3.76. The third-order valence-corrected chi connectivity index (χ3v) is 4.44. The number of methoxy groups -OCH3 is 3. The fraction of sp³-hybridized carbons (Fsp3) is 0.318. The number of unbranched alkanes of at least 4 members (excludes halogenated alkanes) is 1. The van der Waals surface area contributed by atoms with E-state index in [1.807, 2.05) is 30.3 Å². The maximum atomic E-state index is 5.74. The summed E-state index contributed by atoms with van der Waals surface area (Å²) in [5.74, 6) is 2.61.